The molecular weight excluding hydrogens is 388 g/mol. The Bertz CT molecular complexity index is 1030. The lowest BCUT2D eigenvalue weighted by Crippen LogP contribution is -2.47. The molecule has 1 aliphatic heterocycles. The van der Waals surface area contributed by atoms with Crippen molar-refractivity contribution in [2.24, 2.45) is 0 Å². The summed E-state index contributed by atoms with van der Waals surface area (Å²) in [4.78, 5) is 17.4. The van der Waals surface area contributed by atoms with Crippen LogP contribution in [0.15, 0.2) is 52.9 Å². The predicted molar refractivity (Wildman–Crippen MR) is 122 cm³/mol. The minimum absolute atomic E-state index is 0.0560. The third-order valence-corrected chi connectivity index (χ3v) is 6.17. The van der Waals surface area contributed by atoms with Crippen molar-refractivity contribution in [2.75, 3.05) is 20.1 Å². The van der Waals surface area contributed by atoms with Gasteiger partial charge >= 0.3 is 0 Å². The Morgan fingerprint density at radius 1 is 1.03 bits per heavy atom. The van der Waals surface area contributed by atoms with Crippen LogP contribution in [0.1, 0.15) is 42.6 Å². The minimum Gasteiger partial charge on any atom is -0.416 e. The number of piperidine rings is 1. The van der Waals surface area contributed by atoms with Gasteiger partial charge in [-0.15, -0.1) is 10.2 Å². The molecule has 1 fully saturated rings. The van der Waals surface area contributed by atoms with Gasteiger partial charge in [-0.25, -0.2) is 0 Å². The summed E-state index contributed by atoms with van der Waals surface area (Å²) in [5.41, 5.74) is 3.52. The number of hydrogen-bond acceptors (Lipinski definition) is 5. The van der Waals surface area contributed by atoms with Gasteiger partial charge in [0.2, 0.25) is 11.8 Å². The number of amides is 1. The van der Waals surface area contributed by atoms with E-state index in [0.29, 0.717) is 23.4 Å². The van der Waals surface area contributed by atoms with Crippen LogP contribution in [-0.4, -0.2) is 58.1 Å². The first kappa shape index (κ1) is 21.2. The van der Waals surface area contributed by atoms with Crippen molar-refractivity contribution < 1.29 is 9.21 Å². The van der Waals surface area contributed by atoms with Crippen molar-refractivity contribution in [3.63, 3.8) is 0 Å². The molecule has 0 N–H and O–H groups in total. The van der Waals surface area contributed by atoms with E-state index in [1.807, 2.05) is 67.4 Å². The summed E-state index contributed by atoms with van der Waals surface area (Å²) < 4.78 is 5.86. The van der Waals surface area contributed by atoms with E-state index in [2.05, 4.69) is 28.9 Å². The van der Waals surface area contributed by atoms with Crippen LogP contribution in [0.25, 0.3) is 22.9 Å². The molecule has 2 aromatic carbocycles. The van der Waals surface area contributed by atoms with Crippen molar-refractivity contribution in [3.8, 4) is 22.9 Å². The van der Waals surface area contributed by atoms with E-state index in [-0.39, 0.29) is 11.9 Å². The van der Waals surface area contributed by atoms with Gasteiger partial charge in [-0.3, -0.25) is 4.79 Å². The monoisotopic (exact) mass is 418 g/mol. The summed E-state index contributed by atoms with van der Waals surface area (Å²) in [5, 5.41) is 8.35. The minimum atomic E-state index is 0.0560. The second-order valence-corrected chi connectivity index (χ2v) is 8.64. The van der Waals surface area contributed by atoms with Gasteiger partial charge in [0.1, 0.15) is 0 Å². The Labute approximate surface area is 183 Å². The van der Waals surface area contributed by atoms with Crippen LogP contribution in [0, 0.1) is 6.92 Å². The van der Waals surface area contributed by atoms with Gasteiger partial charge < -0.3 is 14.2 Å². The highest BCUT2D eigenvalue weighted by Crippen LogP contribution is 2.25. The van der Waals surface area contributed by atoms with Crippen LogP contribution in [0.2, 0.25) is 0 Å². The molecule has 0 saturated carbocycles. The Morgan fingerprint density at radius 3 is 2.29 bits per heavy atom. The predicted octanol–water partition coefficient (Wildman–Crippen LogP) is 4.66. The fourth-order valence-corrected chi connectivity index (χ4v) is 4.15. The van der Waals surface area contributed by atoms with Gasteiger partial charge in [0.25, 0.3) is 5.91 Å². The second-order valence-electron chi connectivity index (χ2n) is 8.64. The van der Waals surface area contributed by atoms with E-state index in [1.54, 1.807) is 0 Å². The van der Waals surface area contributed by atoms with E-state index in [9.17, 15) is 4.79 Å². The first-order valence-electron chi connectivity index (χ1n) is 10.9. The Hall–Kier alpha value is -2.99. The lowest BCUT2D eigenvalue weighted by Gasteiger charge is -2.38. The molecule has 31 heavy (non-hydrogen) atoms. The zero-order valence-electron chi connectivity index (χ0n) is 18.7. The fraction of sp³-hybridized carbons (Fsp3) is 0.400. The number of carbonyl (C=O) groups excluding carboxylic acids is 1. The summed E-state index contributed by atoms with van der Waals surface area (Å²) in [6.07, 6.45) is 2.03. The molecule has 0 aliphatic carbocycles. The van der Waals surface area contributed by atoms with Crippen molar-refractivity contribution in [1.82, 2.24) is 20.0 Å². The van der Waals surface area contributed by atoms with E-state index >= 15 is 0 Å². The lowest BCUT2D eigenvalue weighted by molar-refractivity contribution is 0.0615. The van der Waals surface area contributed by atoms with Crippen molar-refractivity contribution >= 4 is 5.91 Å². The first-order chi connectivity index (χ1) is 14.9. The summed E-state index contributed by atoms with van der Waals surface area (Å²) in [6.45, 7) is 8.56. The van der Waals surface area contributed by atoms with Gasteiger partial charge in [-0.05, 0) is 70.0 Å². The molecule has 0 bridgehead atoms. The molecular formula is C25H30N4O2. The quantitative estimate of drug-likeness (QED) is 0.603. The second kappa shape index (κ2) is 9.02. The number of nitrogens with zero attached hydrogens (tertiary/aromatic N) is 4. The molecule has 2 heterocycles. The molecule has 1 aromatic heterocycles. The Balaban J connectivity index is 1.43. The maximum absolute atomic E-state index is 13.0. The molecule has 4 rings (SSSR count). The summed E-state index contributed by atoms with van der Waals surface area (Å²) >= 11 is 0. The zero-order chi connectivity index (χ0) is 22.0. The van der Waals surface area contributed by atoms with Crippen LogP contribution in [0.5, 0.6) is 0 Å². The highest BCUT2D eigenvalue weighted by molar-refractivity contribution is 5.94. The van der Waals surface area contributed by atoms with Crippen molar-refractivity contribution in [2.45, 2.75) is 45.7 Å². The van der Waals surface area contributed by atoms with E-state index in [1.165, 1.54) is 0 Å². The maximum atomic E-state index is 13.0. The van der Waals surface area contributed by atoms with Crippen LogP contribution < -0.4 is 0 Å². The number of hydrogen-bond donors (Lipinski definition) is 0. The third kappa shape index (κ3) is 4.69. The third-order valence-electron chi connectivity index (χ3n) is 6.17. The van der Waals surface area contributed by atoms with Crippen LogP contribution in [0.4, 0.5) is 0 Å². The number of rotatable bonds is 5. The van der Waals surface area contributed by atoms with Crippen LogP contribution >= 0.6 is 0 Å². The number of aryl methyl sites for hydroxylation is 1. The van der Waals surface area contributed by atoms with E-state index in [4.69, 9.17) is 4.42 Å². The number of aromatic nitrogens is 2. The highest BCUT2D eigenvalue weighted by Gasteiger charge is 2.27. The number of carbonyl (C=O) groups is 1. The molecule has 1 aliphatic rings. The normalized spacial score (nSPS) is 15.4. The SMILES string of the molecule is Cc1cccc(-c2nnc(-c3ccc(C(=O)N(C)C4CCN(C(C)C)CC4)cc3)o2)c1. The first-order valence-corrected chi connectivity index (χ1v) is 10.9. The summed E-state index contributed by atoms with van der Waals surface area (Å²) in [5.74, 6) is 0.997. The van der Waals surface area contributed by atoms with Crippen LogP contribution in [0.3, 0.4) is 0 Å². The zero-order valence-corrected chi connectivity index (χ0v) is 18.7. The summed E-state index contributed by atoms with van der Waals surface area (Å²) in [7, 11) is 1.91. The average molecular weight is 419 g/mol. The Kier molecular flexibility index (Phi) is 6.18. The van der Waals surface area contributed by atoms with Gasteiger partial charge in [0.05, 0.1) is 0 Å². The lowest BCUT2D eigenvalue weighted by atomic mass is 10.0. The smallest absolute Gasteiger partial charge is 0.253 e. The molecule has 0 radical (unpaired) electrons. The van der Waals surface area contributed by atoms with Gasteiger partial charge in [-0.1, -0.05) is 17.7 Å². The number of likely N-dealkylation sites (tertiary alicyclic amines) is 1. The molecule has 3 aromatic rings. The average Bonchev–Trinajstić information content (AvgIpc) is 3.29. The Morgan fingerprint density at radius 2 is 1.68 bits per heavy atom. The molecule has 6 nitrogen and oxygen atoms in total. The molecule has 1 saturated heterocycles. The molecule has 0 unspecified atom stereocenters. The largest absolute Gasteiger partial charge is 0.416 e. The topological polar surface area (TPSA) is 62.5 Å². The standard InChI is InChI=1S/C25H30N4O2/c1-17(2)29-14-12-22(13-15-29)28(4)25(30)20-10-8-19(9-11-20)23-26-27-24(31-23)21-7-5-6-18(3)16-21/h5-11,16-17,22H,12-15H2,1-4H3. The van der Waals surface area contributed by atoms with E-state index < -0.39 is 0 Å². The molecule has 0 spiro atoms. The highest BCUT2D eigenvalue weighted by atomic mass is 16.4. The fourth-order valence-electron chi connectivity index (χ4n) is 4.15. The van der Waals surface area contributed by atoms with Crippen molar-refractivity contribution in [1.29, 1.82) is 0 Å². The molecule has 0 atom stereocenters. The summed E-state index contributed by atoms with van der Waals surface area (Å²) in [6, 6.07) is 16.2. The molecule has 6 heteroatoms. The molecule has 1 amide bonds. The van der Waals surface area contributed by atoms with Gasteiger partial charge in [0.15, 0.2) is 0 Å². The van der Waals surface area contributed by atoms with Crippen molar-refractivity contribution in [3.05, 3.63) is 59.7 Å². The number of benzene rings is 2. The maximum Gasteiger partial charge on any atom is 0.253 e. The van der Waals surface area contributed by atoms with Gasteiger partial charge in [0, 0.05) is 48.9 Å². The molecule has 162 valence electrons. The van der Waals surface area contributed by atoms with Gasteiger partial charge in [-0.2, -0.15) is 0 Å². The van der Waals surface area contributed by atoms with E-state index in [0.717, 1.165) is 42.6 Å². The van der Waals surface area contributed by atoms with Crippen LogP contribution in [-0.2, 0) is 0 Å².